The summed E-state index contributed by atoms with van der Waals surface area (Å²) >= 11 is 5.11. The highest BCUT2D eigenvalue weighted by Gasteiger charge is 2.06. The molecular formula is C19H18N2S3. The molecule has 0 unspecified atom stereocenters. The van der Waals surface area contributed by atoms with E-state index in [0.717, 1.165) is 26.7 Å². The summed E-state index contributed by atoms with van der Waals surface area (Å²) in [7, 11) is 0. The van der Waals surface area contributed by atoms with Crippen molar-refractivity contribution in [1.82, 2.24) is 9.97 Å². The van der Waals surface area contributed by atoms with Crippen molar-refractivity contribution >= 4 is 35.3 Å². The number of benzene rings is 2. The molecule has 3 aromatic rings. The van der Waals surface area contributed by atoms with Gasteiger partial charge in [0.15, 0.2) is 5.16 Å². The predicted molar refractivity (Wildman–Crippen MR) is 106 cm³/mol. The van der Waals surface area contributed by atoms with Gasteiger partial charge >= 0.3 is 0 Å². The smallest absolute Gasteiger partial charge is 0.189 e. The number of aromatic nitrogens is 2. The highest BCUT2D eigenvalue weighted by atomic mass is 32.2. The Hall–Kier alpha value is -1.43. The van der Waals surface area contributed by atoms with Crippen LogP contribution in [0.3, 0.4) is 0 Å². The normalized spacial score (nSPS) is 10.7. The molecule has 0 spiro atoms. The van der Waals surface area contributed by atoms with Gasteiger partial charge in [-0.05, 0) is 17.4 Å². The molecule has 0 aliphatic heterocycles. The van der Waals surface area contributed by atoms with Gasteiger partial charge in [0.05, 0.1) is 0 Å². The standard InChI is InChI=1S/C19H18N2S3/c1-22-19-20-17(23-13-15-8-4-2-5-9-15)12-18(21-19)24-14-16-10-6-3-7-11-16/h2-12H,13-14H2,1H3. The molecular weight excluding hydrogens is 352 g/mol. The molecule has 2 aromatic carbocycles. The predicted octanol–water partition coefficient (Wildman–Crippen LogP) is 5.78. The molecule has 122 valence electrons. The molecule has 0 saturated carbocycles. The monoisotopic (exact) mass is 370 g/mol. The van der Waals surface area contributed by atoms with E-state index in [-0.39, 0.29) is 0 Å². The Balaban J connectivity index is 1.68. The Bertz CT molecular complexity index is 702. The van der Waals surface area contributed by atoms with Crippen LogP contribution in [0.25, 0.3) is 0 Å². The molecule has 1 heterocycles. The Morgan fingerprint density at radius 3 is 1.58 bits per heavy atom. The van der Waals surface area contributed by atoms with Crippen LogP contribution in [0, 0.1) is 0 Å². The summed E-state index contributed by atoms with van der Waals surface area (Å²) in [6.45, 7) is 0. The molecule has 0 bridgehead atoms. The van der Waals surface area contributed by atoms with E-state index in [9.17, 15) is 0 Å². The zero-order valence-electron chi connectivity index (χ0n) is 13.4. The van der Waals surface area contributed by atoms with E-state index < -0.39 is 0 Å². The molecule has 0 atom stereocenters. The van der Waals surface area contributed by atoms with E-state index in [0.29, 0.717) is 0 Å². The van der Waals surface area contributed by atoms with Gasteiger partial charge in [-0.1, -0.05) is 72.4 Å². The topological polar surface area (TPSA) is 25.8 Å². The number of rotatable bonds is 7. The van der Waals surface area contributed by atoms with Crippen molar-refractivity contribution in [3.05, 3.63) is 77.9 Å². The van der Waals surface area contributed by atoms with Gasteiger partial charge in [-0.3, -0.25) is 0 Å². The van der Waals surface area contributed by atoms with Crippen molar-refractivity contribution in [3.8, 4) is 0 Å². The zero-order valence-corrected chi connectivity index (χ0v) is 15.8. The van der Waals surface area contributed by atoms with Gasteiger partial charge in [0, 0.05) is 17.6 Å². The number of hydrogen-bond acceptors (Lipinski definition) is 5. The van der Waals surface area contributed by atoms with E-state index in [1.807, 2.05) is 18.4 Å². The van der Waals surface area contributed by atoms with Gasteiger partial charge in [-0.15, -0.1) is 23.5 Å². The van der Waals surface area contributed by atoms with Gasteiger partial charge in [0.1, 0.15) is 10.1 Å². The van der Waals surface area contributed by atoms with Crippen LogP contribution in [0.1, 0.15) is 11.1 Å². The van der Waals surface area contributed by atoms with Crippen LogP contribution in [0.2, 0.25) is 0 Å². The lowest BCUT2D eigenvalue weighted by atomic mass is 10.2. The van der Waals surface area contributed by atoms with Crippen LogP contribution in [0.15, 0.2) is 81.9 Å². The van der Waals surface area contributed by atoms with Crippen molar-refractivity contribution in [2.75, 3.05) is 6.26 Å². The Labute approximate surface area is 155 Å². The fourth-order valence-electron chi connectivity index (χ4n) is 2.09. The molecule has 2 nitrogen and oxygen atoms in total. The first kappa shape index (κ1) is 17.4. The van der Waals surface area contributed by atoms with Crippen molar-refractivity contribution < 1.29 is 0 Å². The lowest BCUT2D eigenvalue weighted by Gasteiger charge is -2.07. The van der Waals surface area contributed by atoms with Gasteiger partial charge in [0.2, 0.25) is 0 Å². The van der Waals surface area contributed by atoms with Crippen LogP contribution in [0.5, 0.6) is 0 Å². The fraction of sp³-hybridized carbons (Fsp3) is 0.158. The summed E-state index contributed by atoms with van der Waals surface area (Å²) in [5, 5.41) is 2.91. The summed E-state index contributed by atoms with van der Waals surface area (Å²) in [6, 6.07) is 23.1. The van der Waals surface area contributed by atoms with Crippen LogP contribution in [-0.2, 0) is 11.5 Å². The van der Waals surface area contributed by atoms with E-state index >= 15 is 0 Å². The molecule has 3 rings (SSSR count). The molecule has 0 aliphatic rings. The number of hydrogen-bond donors (Lipinski definition) is 0. The Kier molecular flexibility index (Phi) is 6.64. The second-order valence-electron chi connectivity index (χ2n) is 5.08. The highest BCUT2D eigenvalue weighted by molar-refractivity contribution is 7.99. The van der Waals surface area contributed by atoms with Gasteiger partial charge in [-0.2, -0.15) is 0 Å². The summed E-state index contributed by atoms with van der Waals surface area (Å²) in [4.78, 5) is 9.25. The first-order valence-electron chi connectivity index (χ1n) is 7.60. The first-order chi connectivity index (χ1) is 11.8. The minimum atomic E-state index is 0.837. The van der Waals surface area contributed by atoms with Crippen LogP contribution in [0.4, 0.5) is 0 Å². The van der Waals surface area contributed by atoms with Crippen LogP contribution >= 0.6 is 35.3 Å². The maximum atomic E-state index is 4.62. The highest BCUT2D eigenvalue weighted by Crippen LogP contribution is 2.28. The molecule has 0 saturated heterocycles. The molecule has 24 heavy (non-hydrogen) atoms. The van der Waals surface area contributed by atoms with E-state index in [1.54, 1.807) is 35.3 Å². The molecule has 0 fully saturated rings. The average Bonchev–Trinajstić information content (AvgIpc) is 2.66. The average molecular weight is 371 g/mol. The Morgan fingerprint density at radius 2 is 1.17 bits per heavy atom. The minimum Gasteiger partial charge on any atom is -0.216 e. The first-order valence-corrected chi connectivity index (χ1v) is 10.8. The maximum Gasteiger partial charge on any atom is 0.189 e. The van der Waals surface area contributed by atoms with E-state index in [2.05, 4.69) is 64.6 Å². The fourth-order valence-corrected chi connectivity index (χ4v) is 4.36. The second-order valence-corrected chi connectivity index (χ2v) is 7.84. The van der Waals surface area contributed by atoms with Gasteiger partial charge in [-0.25, -0.2) is 9.97 Å². The SMILES string of the molecule is CSc1nc(SCc2ccccc2)cc(SCc2ccccc2)n1. The molecule has 0 amide bonds. The summed E-state index contributed by atoms with van der Waals surface area (Å²) in [5.74, 6) is 1.85. The number of thioether (sulfide) groups is 3. The molecule has 5 heteroatoms. The molecule has 1 aromatic heterocycles. The largest absolute Gasteiger partial charge is 0.216 e. The van der Waals surface area contributed by atoms with Crippen molar-refractivity contribution in [2.45, 2.75) is 26.7 Å². The van der Waals surface area contributed by atoms with Crippen LogP contribution in [-0.4, -0.2) is 16.2 Å². The lowest BCUT2D eigenvalue weighted by Crippen LogP contribution is -1.92. The molecule has 0 radical (unpaired) electrons. The van der Waals surface area contributed by atoms with Crippen molar-refractivity contribution in [2.24, 2.45) is 0 Å². The molecule has 0 N–H and O–H groups in total. The lowest BCUT2D eigenvalue weighted by molar-refractivity contribution is 0.830. The molecule has 0 aliphatic carbocycles. The quantitative estimate of drug-likeness (QED) is 0.298. The third kappa shape index (κ3) is 5.30. The summed E-state index contributed by atoms with van der Waals surface area (Å²) in [5.41, 5.74) is 2.62. The third-order valence-corrected chi connectivity index (χ3v) is 5.81. The Morgan fingerprint density at radius 1 is 0.708 bits per heavy atom. The van der Waals surface area contributed by atoms with Crippen LogP contribution < -0.4 is 0 Å². The van der Waals surface area contributed by atoms with Gasteiger partial charge < -0.3 is 0 Å². The van der Waals surface area contributed by atoms with E-state index in [4.69, 9.17) is 0 Å². The zero-order chi connectivity index (χ0) is 16.6. The van der Waals surface area contributed by atoms with Crippen molar-refractivity contribution in [3.63, 3.8) is 0 Å². The third-order valence-electron chi connectivity index (χ3n) is 3.30. The van der Waals surface area contributed by atoms with Crippen molar-refractivity contribution in [1.29, 1.82) is 0 Å². The summed E-state index contributed by atoms with van der Waals surface area (Å²) < 4.78 is 0. The number of nitrogens with zero attached hydrogens (tertiary/aromatic N) is 2. The van der Waals surface area contributed by atoms with E-state index in [1.165, 1.54) is 11.1 Å². The minimum absolute atomic E-state index is 0.837. The maximum absolute atomic E-state index is 4.62. The van der Waals surface area contributed by atoms with Gasteiger partial charge in [0.25, 0.3) is 0 Å². The second kappa shape index (κ2) is 9.16. The summed E-state index contributed by atoms with van der Waals surface area (Å²) in [6.07, 6.45) is 2.02.